The molecule has 1 aliphatic heterocycles. The second-order valence-electron chi connectivity index (χ2n) is 6.74. The quantitative estimate of drug-likeness (QED) is 0.617. The zero-order valence-corrected chi connectivity index (χ0v) is 11.7. The van der Waals surface area contributed by atoms with Crippen LogP contribution >= 0.6 is 0 Å². The van der Waals surface area contributed by atoms with Gasteiger partial charge < -0.3 is 20.1 Å². The maximum atomic E-state index is 10.9. The summed E-state index contributed by atoms with van der Waals surface area (Å²) in [5.41, 5.74) is 1.57. The molecule has 0 radical (unpaired) electrons. The van der Waals surface area contributed by atoms with Gasteiger partial charge in [-0.15, -0.1) is 0 Å². The Morgan fingerprint density at radius 1 is 1.26 bits per heavy atom. The summed E-state index contributed by atoms with van der Waals surface area (Å²) in [6, 6.07) is 0. The highest BCUT2D eigenvalue weighted by atomic mass is 16.5. The van der Waals surface area contributed by atoms with Gasteiger partial charge in [-0.05, 0) is 42.2 Å². The molecule has 0 spiro atoms. The lowest BCUT2D eigenvalue weighted by Gasteiger charge is -2.55. The standard InChI is InChI=1S/C15H24O4/c1-8-3-11(17)4-10-5-12-13(9(6-16)7-19-12)14(18)15(8,10)2/h8,10-12,14,16-18H,3-7H2,1-2H3/t8-,10+,11+,12-,14+,15+/m0/s1. The number of fused-ring (bicyclic) bond motifs is 2. The van der Waals surface area contributed by atoms with Gasteiger partial charge in [-0.3, -0.25) is 0 Å². The van der Waals surface area contributed by atoms with Crippen LogP contribution in [0.15, 0.2) is 11.1 Å². The molecule has 3 N–H and O–H groups in total. The Morgan fingerprint density at radius 3 is 2.68 bits per heavy atom. The summed E-state index contributed by atoms with van der Waals surface area (Å²) in [6.45, 7) is 4.66. The minimum absolute atomic E-state index is 0.0271. The van der Waals surface area contributed by atoms with Crippen molar-refractivity contribution in [2.75, 3.05) is 13.2 Å². The summed E-state index contributed by atoms with van der Waals surface area (Å²) in [6.07, 6.45) is 1.48. The van der Waals surface area contributed by atoms with Crippen LogP contribution in [0.25, 0.3) is 0 Å². The molecule has 4 heteroatoms. The molecule has 3 aliphatic rings. The lowest BCUT2D eigenvalue weighted by Crippen LogP contribution is -2.55. The minimum Gasteiger partial charge on any atom is -0.393 e. The van der Waals surface area contributed by atoms with E-state index in [-0.39, 0.29) is 36.1 Å². The molecule has 0 amide bonds. The number of rotatable bonds is 1. The van der Waals surface area contributed by atoms with E-state index in [1.807, 2.05) is 0 Å². The Bertz CT molecular complexity index is 405. The highest BCUT2D eigenvalue weighted by Gasteiger charge is 2.56. The predicted molar refractivity (Wildman–Crippen MR) is 70.5 cm³/mol. The molecule has 108 valence electrons. The van der Waals surface area contributed by atoms with Gasteiger partial charge in [0.2, 0.25) is 0 Å². The molecule has 6 atom stereocenters. The summed E-state index contributed by atoms with van der Waals surface area (Å²) in [7, 11) is 0. The topological polar surface area (TPSA) is 69.9 Å². The molecule has 0 aromatic rings. The van der Waals surface area contributed by atoms with E-state index in [0.717, 1.165) is 30.4 Å². The summed E-state index contributed by atoms with van der Waals surface area (Å²) in [5.74, 6) is 0.554. The third kappa shape index (κ3) is 1.81. The van der Waals surface area contributed by atoms with Crippen molar-refractivity contribution in [3.05, 3.63) is 11.1 Å². The van der Waals surface area contributed by atoms with Gasteiger partial charge in [-0.2, -0.15) is 0 Å². The first-order valence-electron chi connectivity index (χ1n) is 7.28. The lowest BCUT2D eigenvalue weighted by atomic mass is 9.52. The molecule has 1 heterocycles. The molecular weight excluding hydrogens is 244 g/mol. The van der Waals surface area contributed by atoms with Gasteiger partial charge in [0.15, 0.2) is 0 Å². The van der Waals surface area contributed by atoms with E-state index in [0.29, 0.717) is 6.61 Å². The largest absolute Gasteiger partial charge is 0.393 e. The maximum Gasteiger partial charge on any atom is 0.0838 e. The Labute approximate surface area is 114 Å². The van der Waals surface area contributed by atoms with Crippen LogP contribution in [0.4, 0.5) is 0 Å². The maximum absolute atomic E-state index is 10.9. The fourth-order valence-corrected chi connectivity index (χ4v) is 4.48. The normalized spacial score (nSPS) is 50.1. The van der Waals surface area contributed by atoms with Crippen LogP contribution in [0.2, 0.25) is 0 Å². The molecule has 0 aromatic carbocycles. The monoisotopic (exact) mass is 268 g/mol. The zero-order chi connectivity index (χ0) is 13.8. The van der Waals surface area contributed by atoms with E-state index in [9.17, 15) is 15.3 Å². The van der Waals surface area contributed by atoms with Gasteiger partial charge in [0.25, 0.3) is 0 Å². The first kappa shape index (κ1) is 13.6. The van der Waals surface area contributed by atoms with E-state index in [2.05, 4.69) is 13.8 Å². The fourth-order valence-electron chi connectivity index (χ4n) is 4.48. The second-order valence-corrected chi connectivity index (χ2v) is 6.74. The van der Waals surface area contributed by atoms with Crippen molar-refractivity contribution in [3.63, 3.8) is 0 Å². The third-order valence-electron chi connectivity index (χ3n) is 5.91. The van der Waals surface area contributed by atoms with Gasteiger partial charge in [-0.1, -0.05) is 13.8 Å². The summed E-state index contributed by atoms with van der Waals surface area (Å²) < 4.78 is 5.72. The highest BCUT2D eigenvalue weighted by molar-refractivity contribution is 5.33. The van der Waals surface area contributed by atoms with Crippen LogP contribution < -0.4 is 0 Å². The molecule has 0 saturated heterocycles. The molecule has 2 saturated carbocycles. The van der Waals surface area contributed by atoms with Crippen molar-refractivity contribution < 1.29 is 20.1 Å². The third-order valence-corrected chi connectivity index (χ3v) is 5.91. The Hall–Kier alpha value is -0.420. The lowest BCUT2D eigenvalue weighted by molar-refractivity contribution is -0.123. The molecule has 0 aromatic heterocycles. The van der Waals surface area contributed by atoms with Gasteiger partial charge in [-0.25, -0.2) is 0 Å². The molecule has 0 unspecified atom stereocenters. The van der Waals surface area contributed by atoms with Crippen LogP contribution in [0.1, 0.15) is 33.1 Å². The minimum atomic E-state index is -0.552. The molecule has 2 fully saturated rings. The molecular formula is C15H24O4. The van der Waals surface area contributed by atoms with Gasteiger partial charge in [0.05, 0.1) is 31.5 Å². The molecule has 19 heavy (non-hydrogen) atoms. The molecule has 3 rings (SSSR count). The highest BCUT2D eigenvalue weighted by Crippen LogP contribution is 2.56. The summed E-state index contributed by atoms with van der Waals surface area (Å²) >= 11 is 0. The van der Waals surface area contributed by atoms with Gasteiger partial charge in [0.1, 0.15) is 0 Å². The number of hydrogen-bond acceptors (Lipinski definition) is 4. The van der Waals surface area contributed by atoms with Crippen LogP contribution in [-0.4, -0.2) is 46.8 Å². The van der Waals surface area contributed by atoms with Crippen molar-refractivity contribution in [2.45, 2.75) is 51.4 Å². The first-order chi connectivity index (χ1) is 8.98. The van der Waals surface area contributed by atoms with Crippen LogP contribution in [-0.2, 0) is 4.74 Å². The van der Waals surface area contributed by atoms with Crippen molar-refractivity contribution in [1.82, 2.24) is 0 Å². The van der Waals surface area contributed by atoms with E-state index in [1.165, 1.54) is 0 Å². The van der Waals surface area contributed by atoms with Crippen molar-refractivity contribution in [3.8, 4) is 0 Å². The Morgan fingerprint density at radius 2 is 2.00 bits per heavy atom. The Kier molecular flexibility index (Phi) is 3.25. The van der Waals surface area contributed by atoms with E-state index in [1.54, 1.807) is 0 Å². The SMILES string of the molecule is C[C@H]1C[C@@H](O)C[C@@H]2C[C@@H]3OCC(CO)=C3[C@@H](O)[C@@]21C. The second kappa shape index (κ2) is 4.55. The number of ether oxygens (including phenoxy) is 1. The molecule has 2 aliphatic carbocycles. The van der Waals surface area contributed by atoms with Crippen molar-refractivity contribution in [1.29, 1.82) is 0 Å². The molecule has 0 bridgehead atoms. The fraction of sp³-hybridized carbons (Fsp3) is 0.867. The van der Waals surface area contributed by atoms with Crippen LogP contribution in [0.3, 0.4) is 0 Å². The number of hydrogen-bond donors (Lipinski definition) is 3. The zero-order valence-electron chi connectivity index (χ0n) is 11.7. The first-order valence-corrected chi connectivity index (χ1v) is 7.28. The van der Waals surface area contributed by atoms with E-state index < -0.39 is 6.10 Å². The van der Waals surface area contributed by atoms with Crippen molar-refractivity contribution in [2.24, 2.45) is 17.3 Å². The number of aliphatic hydroxyl groups excluding tert-OH is 3. The average Bonchev–Trinajstić information content (AvgIpc) is 2.76. The van der Waals surface area contributed by atoms with E-state index >= 15 is 0 Å². The summed E-state index contributed by atoms with van der Waals surface area (Å²) in [4.78, 5) is 0. The summed E-state index contributed by atoms with van der Waals surface area (Å²) in [5, 5.41) is 30.3. The predicted octanol–water partition coefficient (Wildman–Crippen LogP) is 0.852. The van der Waals surface area contributed by atoms with E-state index in [4.69, 9.17) is 4.74 Å². The van der Waals surface area contributed by atoms with Gasteiger partial charge in [0, 0.05) is 5.41 Å². The Balaban J connectivity index is 1.99. The van der Waals surface area contributed by atoms with Crippen molar-refractivity contribution >= 4 is 0 Å². The van der Waals surface area contributed by atoms with Crippen LogP contribution in [0.5, 0.6) is 0 Å². The average molecular weight is 268 g/mol. The smallest absolute Gasteiger partial charge is 0.0838 e. The molecule has 4 nitrogen and oxygen atoms in total. The number of aliphatic hydroxyl groups is 3. The van der Waals surface area contributed by atoms with Crippen LogP contribution in [0, 0.1) is 17.3 Å². The van der Waals surface area contributed by atoms with Gasteiger partial charge >= 0.3 is 0 Å².